The van der Waals surface area contributed by atoms with Gasteiger partial charge in [-0.3, -0.25) is 0 Å². The van der Waals surface area contributed by atoms with Gasteiger partial charge >= 0.3 is 0 Å². The highest BCUT2D eigenvalue weighted by atomic mass is 31.1. The summed E-state index contributed by atoms with van der Waals surface area (Å²) in [7, 11) is 4.52. The molecule has 0 amide bonds. The molecule has 0 fully saturated rings. The first kappa shape index (κ1) is 11.4. The van der Waals surface area contributed by atoms with Gasteiger partial charge in [-0.1, -0.05) is 60.2 Å². The zero-order valence-corrected chi connectivity index (χ0v) is 10.0. The highest BCUT2D eigenvalue weighted by Crippen LogP contribution is 2.32. The van der Waals surface area contributed by atoms with E-state index in [1.165, 1.54) is 5.56 Å². The summed E-state index contributed by atoms with van der Waals surface area (Å²) in [6.07, 6.45) is 0. The molecule has 0 aliphatic heterocycles. The molecule has 0 aliphatic rings. The van der Waals surface area contributed by atoms with Crippen LogP contribution in [-0.2, 0) is 4.44 Å². The zero-order valence-electron chi connectivity index (χ0n) is 9.13. The Morgan fingerprint density at radius 3 is 2.00 bits per heavy atom. The summed E-state index contributed by atoms with van der Waals surface area (Å²) in [5.41, 5.74) is 1.24. The van der Waals surface area contributed by atoms with Crippen molar-refractivity contribution < 1.29 is 4.44 Å². The maximum Gasteiger partial charge on any atom is 0.289 e. The molecule has 2 aromatic rings. The van der Waals surface area contributed by atoms with Crippen LogP contribution in [-0.4, -0.2) is 8.05 Å². The number of aryl methyl sites for hydroxylation is 1. The Hall–Kier alpha value is -1.11. The van der Waals surface area contributed by atoms with Crippen LogP contribution < -0.4 is 10.6 Å². The second-order valence-electron chi connectivity index (χ2n) is 3.57. The van der Waals surface area contributed by atoms with Crippen LogP contribution in [0.1, 0.15) is 5.56 Å². The molecule has 0 spiro atoms. The van der Waals surface area contributed by atoms with E-state index in [0.717, 1.165) is 10.6 Å². The predicted octanol–water partition coefficient (Wildman–Crippen LogP) is 2.44. The molecule has 2 rings (SSSR count). The molecule has 0 unspecified atom stereocenters. The summed E-state index contributed by atoms with van der Waals surface area (Å²) in [4.78, 5) is 0. The van der Waals surface area contributed by atoms with E-state index in [2.05, 4.69) is 31.2 Å². The summed E-state index contributed by atoms with van der Waals surface area (Å²) in [5.74, 6) is 0. The fourth-order valence-electron chi connectivity index (χ4n) is 1.51. The minimum absolute atomic E-state index is 0.883. The lowest BCUT2D eigenvalue weighted by molar-refractivity contribution is 0.705. The van der Waals surface area contributed by atoms with Crippen molar-refractivity contribution in [2.75, 3.05) is 0 Å². The molecule has 0 saturated carbocycles. The van der Waals surface area contributed by atoms with Crippen molar-refractivity contribution in [2.45, 2.75) is 6.92 Å². The first-order valence-electron chi connectivity index (χ1n) is 5.10. The van der Waals surface area contributed by atoms with Crippen molar-refractivity contribution in [1.29, 1.82) is 0 Å². The maximum atomic E-state index is 5.40. The topological polar surface area (TPSA) is 9.23 Å². The Morgan fingerprint density at radius 2 is 1.44 bits per heavy atom. The van der Waals surface area contributed by atoms with Crippen molar-refractivity contribution >= 4 is 26.8 Å². The number of benzene rings is 2. The third-order valence-electron chi connectivity index (χ3n) is 2.36. The molecular formula is C13H12BOP. The lowest BCUT2D eigenvalue weighted by Gasteiger charge is -2.16. The van der Waals surface area contributed by atoms with Crippen molar-refractivity contribution in [3.8, 4) is 0 Å². The van der Waals surface area contributed by atoms with Gasteiger partial charge in [0.05, 0.1) is 8.15 Å². The van der Waals surface area contributed by atoms with Crippen LogP contribution in [0.15, 0.2) is 54.6 Å². The SMILES string of the molecule is [B]O[P@](c1ccccc1)c1ccc(C)cc1. The second kappa shape index (κ2) is 5.29. The van der Waals surface area contributed by atoms with E-state index in [9.17, 15) is 0 Å². The maximum absolute atomic E-state index is 5.40. The lowest BCUT2D eigenvalue weighted by Crippen LogP contribution is -2.12. The zero-order chi connectivity index (χ0) is 11.4. The molecule has 0 saturated heterocycles. The first-order chi connectivity index (χ1) is 7.81. The van der Waals surface area contributed by atoms with Gasteiger partial charge in [-0.05, 0) is 6.92 Å². The van der Waals surface area contributed by atoms with E-state index in [1.54, 1.807) is 0 Å². The Balaban J connectivity index is 2.33. The molecule has 2 radical (unpaired) electrons. The lowest BCUT2D eigenvalue weighted by atomic mass is 10.2. The van der Waals surface area contributed by atoms with Crippen LogP contribution in [0.25, 0.3) is 0 Å². The summed E-state index contributed by atoms with van der Waals surface area (Å²) >= 11 is 0. The molecule has 1 nitrogen and oxygen atoms in total. The average Bonchev–Trinajstić information content (AvgIpc) is 2.34. The fourth-order valence-corrected chi connectivity index (χ4v) is 2.92. The van der Waals surface area contributed by atoms with Crippen LogP contribution in [0.2, 0.25) is 0 Å². The van der Waals surface area contributed by atoms with Gasteiger partial charge in [-0.15, -0.1) is 0 Å². The van der Waals surface area contributed by atoms with Crippen molar-refractivity contribution in [3.63, 3.8) is 0 Å². The van der Waals surface area contributed by atoms with Crippen LogP contribution in [0.5, 0.6) is 0 Å². The van der Waals surface area contributed by atoms with Gasteiger partial charge in [-0.25, -0.2) is 0 Å². The highest BCUT2D eigenvalue weighted by Gasteiger charge is 2.11. The van der Waals surface area contributed by atoms with Gasteiger partial charge in [-0.2, -0.15) is 0 Å². The van der Waals surface area contributed by atoms with Crippen molar-refractivity contribution in [1.82, 2.24) is 0 Å². The van der Waals surface area contributed by atoms with Gasteiger partial charge in [0.1, 0.15) is 0 Å². The van der Waals surface area contributed by atoms with Gasteiger partial charge in [0.15, 0.2) is 0 Å². The summed E-state index contributed by atoms with van der Waals surface area (Å²) < 4.78 is 5.13. The minimum Gasteiger partial charge on any atom is -0.421 e. The van der Waals surface area contributed by atoms with Crippen molar-refractivity contribution in [2.24, 2.45) is 0 Å². The third kappa shape index (κ3) is 2.52. The molecule has 0 bridgehead atoms. The number of rotatable bonds is 3. The molecule has 2 aromatic carbocycles. The predicted molar refractivity (Wildman–Crippen MR) is 70.6 cm³/mol. The second-order valence-corrected chi connectivity index (χ2v) is 5.40. The molecule has 0 heterocycles. The Kier molecular flexibility index (Phi) is 3.76. The van der Waals surface area contributed by atoms with Gasteiger partial charge in [0, 0.05) is 10.6 Å². The highest BCUT2D eigenvalue weighted by molar-refractivity contribution is 7.69. The van der Waals surface area contributed by atoms with E-state index in [4.69, 9.17) is 12.5 Å². The van der Waals surface area contributed by atoms with Crippen LogP contribution >= 0.6 is 8.15 Å². The van der Waals surface area contributed by atoms with E-state index in [0.29, 0.717) is 0 Å². The summed E-state index contributed by atoms with van der Waals surface area (Å²) in [6.45, 7) is 2.07. The minimum atomic E-state index is -0.883. The fraction of sp³-hybridized carbons (Fsp3) is 0.0769. The van der Waals surface area contributed by atoms with E-state index < -0.39 is 8.15 Å². The smallest absolute Gasteiger partial charge is 0.289 e. The first-order valence-corrected chi connectivity index (χ1v) is 6.36. The average molecular weight is 226 g/mol. The monoisotopic (exact) mass is 226 g/mol. The molecule has 3 heteroatoms. The van der Waals surface area contributed by atoms with Crippen LogP contribution in [0, 0.1) is 6.92 Å². The number of hydrogen-bond acceptors (Lipinski definition) is 1. The molecule has 1 atom stereocenters. The molecule has 78 valence electrons. The van der Waals surface area contributed by atoms with E-state index in [1.807, 2.05) is 30.3 Å². The molecule has 16 heavy (non-hydrogen) atoms. The third-order valence-corrected chi connectivity index (χ3v) is 4.11. The van der Waals surface area contributed by atoms with Crippen molar-refractivity contribution in [3.05, 3.63) is 60.2 Å². The Labute approximate surface area is 98.7 Å². The van der Waals surface area contributed by atoms with Crippen LogP contribution in [0.4, 0.5) is 0 Å². The van der Waals surface area contributed by atoms with Crippen LogP contribution in [0.3, 0.4) is 0 Å². The molecule has 0 aromatic heterocycles. The van der Waals surface area contributed by atoms with Gasteiger partial charge in [0.2, 0.25) is 0 Å². The molecule has 0 aliphatic carbocycles. The summed E-state index contributed by atoms with van der Waals surface area (Å²) in [6, 6.07) is 18.4. The summed E-state index contributed by atoms with van der Waals surface area (Å²) in [5, 5.41) is 2.26. The molecule has 0 N–H and O–H groups in total. The Bertz CT molecular complexity index is 441. The quantitative estimate of drug-likeness (QED) is 0.576. The normalized spacial score (nSPS) is 12.3. The Morgan fingerprint density at radius 1 is 0.875 bits per heavy atom. The van der Waals surface area contributed by atoms with E-state index in [-0.39, 0.29) is 0 Å². The largest absolute Gasteiger partial charge is 0.421 e. The van der Waals surface area contributed by atoms with Gasteiger partial charge in [0.25, 0.3) is 8.05 Å². The van der Waals surface area contributed by atoms with Gasteiger partial charge < -0.3 is 4.44 Å². The standard InChI is InChI=1S/C13H12BOP/c1-11-7-9-13(10-8-11)16(15-14)12-5-3-2-4-6-12/h2-10H,1H3/t16-/m1/s1. The van der Waals surface area contributed by atoms with E-state index >= 15 is 0 Å². The number of hydrogen-bond donors (Lipinski definition) is 0. The molecular weight excluding hydrogens is 214 g/mol.